The molecule has 0 unspecified atom stereocenters. The highest BCUT2D eigenvalue weighted by molar-refractivity contribution is 5.99. The third-order valence-corrected chi connectivity index (χ3v) is 6.11. The summed E-state index contributed by atoms with van der Waals surface area (Å²) in [5.41, 5.74) is 0.668. The first-order valence-corrected chi connectivity index (χ1v) is 11.8. The molecule has 1 atom stereocenters. The highest BCUT2D eigenvalue weighted by Crippen LogP contribution is 2.27. The van der Waals surface area contributed by atoms with E-state index in [-0.39, 0.29) is 35.4 Å². The zero-order valence-electron chi connectivity index (χ0n) is 19.7. The fourth-order valence-electron chi connectivity index (χ4n) is 4.48. The molecule has 2 aromatic heterocycles. The molecule has 3 heterocycles. The molecule has 0 aliphatic carbocycles. The van der Waals surface area contributed by atoms with Crippen LogP contribution < -0.4 is 10.7 Å². The van der Waals surface area contributed by atoms with Gasteiger partial charge in [0.25, 0.3) is 11.8 Å². The van der Waals surface area contributed by atoms with Gasteiger partial charge >= 0.3 is 0 Å². The second-order valence-electron chi connectivity index (χ2n) is 9.27. The Hall–Kier alpha value is -3.61. The quantitative estimate of drug-likeness (QED) is 0.575. The number of benzene rings is 1. The third-order valence-electron chi connectivity index (χ3n) is 6.11. The maximum atomic E-state index is 13.5. The van der Waals surface area contributed by atoms with Gasteiger partial charge in [-0.1, -0.05) is 44.2 Å². The number of pyridine rings is 1. The average molecular weight is 462 g/mol. The van der Waals surface area contributed by atoms with Crippen LogP contribution in [0, 0.1) is 5.92 Å². The Bertz CT molecular complexity index is 1180. The van der Waals surface area contributed by atoms with Crippen LogP contribution in [0.2, 0.25) is 0 Å². The van der Waals surface area contributed by atoms with Gasteiger partial charge in [-0.15, -0.1) is 0 Å². The average Bonchev–Trinajstić information content (AvgIpc) is 3.37. The molecule has 34 heavy (non-hydrogen) atoms. The number of aromatic nitrogens is 1. The topological polar surface area (TPSA) is 84.5 Å². The van der Waals surface area contributed by atoms with Crippen molar-refractivity contribution in [2.24, 2.45) is 5.92 Å². The van der Waals surface area contributed by atoms with E-state index in [1.54, 1.807) is 34.0 Å². The fraction of sp³-hybridized carbons (Fsp3) is 0.370. The van der Waals surface area contributed by atoms with Gasteiger partial charge in [0, 0.05) is 37.9 Å². The summed E-state index contributed by atoms with van der Waals surface area (Å²) >= 11 is 0. The van der Waals surface area contributed by atoms with Crippen LogP contribution in [-0.2, 0) is 13.1 Å². The molecule has 1 aliphatic heterocycles. The molecule has 178 valence electrons. The summed E-state index contributed by atoms with van der Waals surface area (Å²) < 4.78 is 7.03. The van der Waals surface area contributed by atoms with Crippen molar-refractivity contribution in [2.75, 3.05) is 13.1 Å². The molecule has 7 heteroatoms. The Morgan fingerprint density at radius 1 is 1.09 bits per heavy atom. The molecule has 4 rings (SSSR count). The summed E-state index contributed by atoms with van der Waals surface area (Å²) in [4.78, 5) is 41.5. The highest BCUT2D eigenvalue weighted by atomic mass is 16.3. The summed E-state index contributed by atoms with van der Waals surface area (Å²) in [5, 5.41) is 2.73. The number of hydrogen-bond donors (Lipinski definition) is 1. The van der Waals surface area contributed by atoms with Crippen molar-refractivity contribution in [3.8, 4) is 0 Å². The molecule has 1 saturated heterocycles. The second-order valence-corrected chi connectivity index (χ2v) is 9.27. The minimum atomic E-state index is -0.538. The van der Waals surface area contributed by atoms with E-state index in [2.05, 4.69) is 17.4 Å². The van der Waals surface area contributed by atoms with Crippen LogP contribution in [0.5, 0.6) is 0 Å². The summed E-state index contributed by atoms with van der Waals surface area (Å²) in [6.45, 7) is 6.00. The van der Waals surface area contributed by atoms with Gasteiger partial charge in [-0.05, 0) is 36.5 Å². The molecule has 1 aromatic carbocycles. The maximum Gasteiger partial charge on any atom is 0.259 e. The summed E-state index contributed by atoms with van der Waals surface area (Å²) in [7, 11) is 0. The first-order valence-electron chi connectivity index (χ1n) is 11.8. The minimum absolute atomic E-state index is 0.0327. The van der Waals surface area contributed by atoms with Crippen molar-refractivity contribution in [3.63, 3.8) is 0 Å². The zero-order chi connectivity index (χ0) is 24.1. The van der Waals surface area contributed by atoms with E-state index in [1.807, 2.05) is 32.0 Å². The molecule has 7 nitrogen and oxygen atoms in total. The number of nitrogens with one attached hydrogen (secondary N) is 1. The number of amides is 2. The zero-order valence-corrected chi connectivity index (χ0v) is 19.7. The Morgan fingerprint density at radius 2 is 1.85 bits per heavy atom. The van der Waals surface area contributed by atoms with Crippen LogP contribution in [0.15, 0.2) is 70.3 Å². The van der Waals surface area contributed by atoms with Crippen molar-refractivity contribution in [2.45, 2.75) is 45.7 Å². The lowest BCUT2D eigenvalue weighted by molar-refractivity contribution is 0.0704. The van der Waals surface area contributed by atoms with Gasteiger partial charge in [0.15, 0.2) is 0 Å². The lowest BCUT2D eigenvalue weighted by Gasteiger charge is -2.33. The van der Waals surface area contributed by atoms with Gasteiger partial charge in [0.2, 0.25) is 5.43 Å². The molecular formula is C27H31N3O4. The lowest BCUT2D eigenvalue weighted by atomic mass is 9.90. The molecule has 1 aliphatic rings. The number of furan rings is 1. The molecule has 2 amide bonds. The van der Waals surface area contributed by atoms with Crippen molar-refractivity contribution in [1.82, 2.24) is 14.8 Å². The predicted octanol–water partition coefficient (Wildman–Crippen LogP) is 4.05. The largest absolute Gasteiger partial charge is 0.467 e. The van der Waals surface area contributed by atoms with Gasteiger partial charge in [0.05, 0.1) is 12.8 Å². The number of hydrogen-bond acceptors (Lipinski definition) is 4. The standard InChI is InChI=1S/C27H31N3O4/c1-19(2)15-29-17-23(26(32)28-14-22-11-7-13-34-22)25(31)24(18-29)27(33)30-12-6-10-21(16-30)20-8-4-3-5-9-20/h3-5,7-9,11,13,17-19,21H,6,10,12,14-16H2,1-2H3,(H,28,32)/t21-/m1/s1. The number of piperidine rings is 1. The Kier molecular flexibility index (Phi) is 7.30. The molecule has 0 spiro atoms. The number of nitrogens with zero attached hydrogens (tertiary/aromatic N) is 2. The predicted molar refractivity (Wildman–Crippen MR) is 130 cm³/mol. The first kappa shape index (κ1) is 23.5. The van der Waals surface area contributed by atoms with Crippen LogP contribution in [0.3, 0.4) is 0 Å². The molecule has 0 saturated carbocycles. The first-order chi connectivity index (χ1) is 16.4. The van der Waals surface area contributed by atoms with E-state index in [4.69, 9.17) is 4.42 Å². The van der Waals surface area contributed by atoms with Crippen LogP contribution in [-0.4, -0.2) is 34.4 Å². The van der Waals surface area contributed by atoms with Gasteiger partial charge in [-0.2, -0.15) is 0 Å². The summed E-state index contributed by atoms with van der Waals surface area (Å²) in [5.74, 6) is 0.264. The summed E-state index contributed by atoms with van der Waals surface area (Å²) in [6, 6.07) is 13.6. The van der Waals surface area contributed by atoms with E-state index in [0.29, 0.717) is 25.4 Å². The van der Waals surface area contributed by atoms with Crippen molar-refractivity contribution in [1.29, 1.82) is 0 Å². The molecule has 1 N–H and O–H groups in total. The van der Waals surface area contributed by atoms with Crippen molar-refractivity contribution >= 4 is 11.8 Å². The molecular weight excluding hydrogens is 430 g/mol. The Labute approximate surface area is 199 Å². The summed E-state index contributed by atoms with van der Waals surface area (Å²) in [6.07, 6.45) is 6.53. The van der Waals surface area contributed by atoms with Crippen LogP contribution >= 0.6 is 0 Å². The van der Waals surface area contributed by atoms with Gasteiger partial charge < -0.3 is 19.2 Å². The number of rotatable bonds is 7. The third kappa shape index (κ3) is 5.47. The van der Waals surface area contributed by atoms with E-state index in [9.17, 15) is 14.4 Å². The van der Waals surface area contributed by atoms with Crippen molar-refractivity contribution in [3.05, 3.63) is 93.8 Å². The lowest BCUT2D eigenvalue weighted by Crippen LogP contribution is -2.42. The van der Waals surface area contributed by atoms with E-state index in [0.717, 1.165) is 12.8 Å². The fourth-order valence-corrected chi connectivity index (χ4v) is 4.48. The van der Waals surface area contributed by atoms with Gasteiger partial charge in [0.1, 0.15) is 16.9 Å². The van der Waals surface area contributed by atoms with Gasteiger partial charge in [-0.3, -0.25) is 14.4 Å². The number of carbonyl (C=O) groups excluding carboxylic acids is 2. The molecule has 3 aromatic rings. The van der Waals surface area contributed by atoms with Crippen molar-refractivity contribution < 1.29 is 14.0 Å². The minimum Gasteiger partial charge on any atom is -0.467 e. The normalized spacial score (nSPS) is 16.0. The van der Waals surface area contributed by atoms with E-state index < -0.39 is 11.3 Å². The molecule has 0 bridgehead atoms. The number of likely N-dealkylation sites (tertiary alicyclic amines) is 1. The van der Waals surface area contributed by atoms with Gasteiger partial charge in [-0.25, -0.2) is 0 Å². The Morgan fingerprint density at radius 3 is 2.56 bits per heavy atom. The van der Waals surface area contributed by atoms with Crippen LogP contribution in [0.25, 0.3) is 0 Å². The number of carbonyl (C=O) groups is 2. The van der Waals surface area contributed by atoms with Crippen LogP contribution in [0.4, 0.5) is 0 Å². The molecule has 1 fully saturated rings. The molecule has 0 radical (unpaired) electrons. The smallest absolute Gasteiger partial charge is 0.259 e. The highest BCUT2D eigenvalue weighted by Gasteiger charge is 2.28. The Balaban J connectivity index is 1.60. The van der Waals surface area contributed by atoms with E-state index >= 15 is 0 Å². The SMILES string of the molecule is CC(C)Cn1cc(C(=O)NCc2ccco2)c(=O)c(C(=O)N2CCC[C@@H](c3ccccc3)C2)c1. The van der Waals surface area contributed by atoms with Crippen LogP contribution in [0.1, 0.15) is 64.6 Å². The second kappa shape index (κ2) is 10.5. The monoisotopic (exact) mass is 461 g/mol. The maximum absolute atomic E-state index is 13.5. The van der Waals surface area contributed by atoms with E-state index in [1.165, 1.54) is 11.8 Å².